The van der Waals surface area contributed by atoms with Crippen molar-refractivity contribution >= 4 is 5.78 Å². The molecule has 0 radical (unpaired) electrons. The minimum Gasteiger partial charge on any atom is -0.485 e. The summed E-state index contributed by atoms with van der Waals surface area (Å²) in [6.07, 6.45) is 5.53. The standard InChI is InChI=1S/C18H18FN3O2/c19-15-5-11(1-4-17(15)24-14-9-20-10-14)6-16(23)13-7-21-18(22-8-13)12-2-3-12/h1,4-5,7-8,12,14,20H,2-3,6,9-10H2. The van der Waals surface area contributed by atoms with Gasteiger partial charge in [-0.1, -0.05) is 6.07 Å². The Morgan fingerprint density at radius 2 is 2.00 bits per heavy atom. The maximum absolute atomic E-state index is 14.1. The first kappa shape index (κ1) is 15.2. The Morgan fingerprint density at radius 3 is 2.58 bits per heavy atom. The van der Waals surface area contributed by atoms with E-state index < -0.39 is 5.82 Å². The van der Waals surface area contributed by atoms with E-state index in [9.17, 15) is 9.18 Å². The van der Waals surface area contributed by atoms with Gasteiger partial charge in [0.2, 0.25) is 0 Å². The Kier molecular flexibility index (Phi) is 3.98. The summed E-state index contributed by atoms with van der Waals surface area (Å²) in [5.41, 5.74) is 1.07. The fourth-order valence-electron chi connectivity index (χ4n) is 2.60. The molecule has 1 aromatic carbocycles. The van der Waals surface area contributed by atoms with E-state index in [1.165, 1.54) is 6.07 Å². The van der Waals surface area contributed by atoms with Crippen LogP contribution in [0.15, 0.2) is 30.6 Å². The number of hydrogen-bond donors (Lipinski definition) is 1. The van der Waals surface area contributed by atoms with Crippen molar-refractivity contribution in [2.75, 3.05) is 13.1 Å². The molecular formula is C18H18FN3O2. The molecule has 1 saturated carbocycles. The van der Waals surface area contributed by atoms with Crippen molar-refractivity contribution < 1.29 is 13.9 Å². The second-order valence-corrected chi connectivity index (χ2v) is 6.37. The predicted octanol–water partition coefficient (Wildman–Crippen LogP) is 2.27. The molecule has 24 heavy (non-hydrogen) atoms. The summed E-state index contributed by atoms with van der Waals surface area (Å²) in [6.45, 7) is 1.47. The van der Waals surface area contributed by atoms with Gasteiger partial charge in [0.1, 0.15) is 11.9 Å². The van der Waals surface area contributed by atoms with Crippen LogP contribution in [0.2, 0.25) is 0 Å². The Labute approximate surface area is 139 Å². The third-order valence-electron chi connectivity index (χ3n) is 4.33. The van der Waals surface area contributed by atoms with Crippen LogP contribution in [0, 0.1) is 5.82 Å². The van der Waals surface area contributed by atoms with Crippen LogP contribution < -0.4 is 10.1 Å². The maximum atomic E-state index is 14.1. The molecular weight excluding hydrogens is 309 g/mol. The molecule has 1 aliphatic carbocycles. The number of ketones is 1. The first-order chi connectivity index (χ1) is 11.7. The van der Waals surface area contributed by atoms with Gasteiger partial charge in [0, 0.05) is 37.8 Å². The van der Waals surface area contributed by atoms with Gasteiger partial charge in [0.05, 0.1) is 5.56 Å². The summed E-state index contributed by atoms with van der Waals surface area (Å²) in [5.74, 6) is 0.946. The number of Topliss-reactive ketones (excluding diaryl/α,β-unsaturated/α-hetero) is 1. The molecule has 1 N–H and O–H groups in total. The largest absolute Gasteiger partial charge is 0.485 e. The highest BCUT2D eigenvalue weighted by Gasteiger charge is 2.26. The van der Waals surface area contributed by atoms with Gasteiger partial charge in [-0.2, -0.15) is 0 Å². The summed E-state index contributed by atoms with van der Waals surface area (Å²) < 4.78 is 19.6. The zero-order valence-corrected chi connectivity index (χ0v) is 13.2. The normalized spacial score (nSPS) is 17.4. The number of rotatable bonds is 6. The van der Waals surface area contributed by atoms with Crippen molar-refractivity contribution in [1.29, 1.82) is 0 Å². The summed E-state index contributed by atoms with van der Waals surface area (Å²) in [6, 6.07) is 4.67. The molecule has 0 atom stereocenters. The van der Waals surface area contributed by atoms with Crippen LogP contribution in [0.1, 0.15) is 40.5 Å². The van der Waals surface area contributed by atoms with Gasteiger partial charge in [-0.05, 0) is 30.5 Å². The monoisotopic (exact) mass is 327 g/mol. The van der Waals surface area contributed by atoms with Crippen molar-refractivity contribution in [3.05, 3.63) is 53.4 Å². The second kappa shape index (κ2) is 6.28. The highest BCUT2D eigenvalue weighted by molar-refractivity contribution is 5.96. The number of nitrogens with zero attached hydrogens (tertiary/aromatic N) is 2. The highest BCUT2D eigenvalue weighted by atomic mass is 19.1. The average molecular weight is 327 g/mol. The van der Waals surface area contributed by atoms with Crippen molar-refractivity contribution in [2.45, 2.75) is 31.3 Å². The summed E-state index contributed by atoms with van der Waals surface area (Å²) >= 11 is 0. The number of carbonyl (C=O) groups is 1. The first-order valence-corrected chi connectivity index (χ1v) is 8.20. The van der Waals surface area contributed by atoms with Crippen LogP contribution in [0.4, 0.5) is 4.39 Å². The minimum absolute atomic E-state index is 0.0223. The lowest BCUT2D eigenvalue weighted by molar-refractivity contribution is 0.0992. The van der Waals surface area contributed by atoms with E-state index in [0.717, 1.165) is 31.8 Å². The Bertz CT molecular complexity index is 755. The molecule has 2 aromatic rings. The predicted molar refractivity (Wildman–Crippen MR) is 85.7 cm³/mol. The van der Waals surface area contributed by atoms with E-state index in [0.29, 0.717) is 17.0 Å². The molecule has 1 aliphatic heterocycles. The molecule has 124 valence electrons. The number of benzene rings is 1. The second-order valence-electron chi connectivity index (χ2n) is 6.37. The quantitative estimate of drug-likeness (QED) is 0.825. The van der Waals surface area contributed by atoms with Crippen LogP contribution in [0.5, 0.6) is 5.75 Å². The van der Waals surface area contributed by atoms with Crippen LogP contribution >= 0.6 is 0 Å². The van der Waals surface area contributed by atoms with E-state index in [4.69, 9.17) is 4.74 Å². The van der Waals surface area contributed by atoms with E-state index in [1.807, 2.05) is 0 Å². The van der Waals surface area contributed by atoms with Gasteiger partial charge >= 0.3 is 0 Å². The third kappa shape index (κ3) is 3.28. The molecule has 1 saturated heterocycles. The molecule has 2 heterocycles. The Morgan fingerprint density at radius 1 is 1.25 bits per heavy atom. The summed E-state index contributed by atoms with van der Waals surface area (Å²) in [4.78, 5) is 20.8. The van der Waals surface area contributed by atoms with E-state index >= 15 is 0 Å². The fourth-order valence-corrected chi connectivity index (χ4v) is 2.60. The number of nitrogens with one attached hydrogen (secondary N) is 1. The smallest absolute Gasteiger partial charge is 0.170 e. The Hall–Kier alpha value is -2.34. The van der Waals surface area contributed by atoms with Crippen LogP contribution in [-0.4, -0.2) is 34.9 Å². The third-order valence-corrected chi connectivity index (χ3v) is 4.33. The van der Waals surface area contributed by atoms with Crippen molar-refractivity contribution in [3.63, 3.8) is 0 Å². The van der Waals surface area contributed by atoms with Crippen molar-refractivity contribution in [2.24, 2.45) is 0 Å². The number of ether oxygens (including phenoxy) is 1. The lowest BCUT2D eigenvalue weighted by Crippen LogP contribution is -2.50. The van der Waals surface area contributed by atoms with E-state index in [-0.39, 0.29) is 24.1 Å². The zero-order chi connectivity index (χ0) is 16.5. The fraction of sp³-hybridized carbons (Fsp3) is 0.389. The van der Waals surface area contributed by atoms with Crippen LogP contribution in [-0.2, 0) is 6.42 Å². The number of halogens is 1. The van der Waals surface area contributed by atoms with Gasteiger partial charge in [0.15, 0.2) is 17.3 Å². The molecule has 0 unspecified atom stereocenters. The molecule has 1 aromatic heterocycles. The molecule has 5 nitrogen and oxygen atoms in total. The first-order valence-electron chi connectivity index (χ1n) is 8.20. The molecule has 4 rings (SSSR count). The molecule has 0 spiro atoms. The van der Waals surface area contributed by atoms with E-state index in [1.54, 1.807) is 24.5 Å². The zero-order valence-electron chi connectivity index (χ0n) is 13.2. The van der Waals surface area contributed by atoms with Crippen LogP contribution in [0.25, 0.3) is 0 Å². The van der Waals surface area contributed by atoms with Gasteiger partial charge in [-0.25, -0.2) is 14.4 Å². The summed E-state index contributed by atoms with van der Waals surface area (Å²) in [5, 5.41) is 3.07. The molecule has 0 bridgehead atoms. The molecule has 6 heteroatoms. The lowest BCUT2D eigenvalue weighted by Gasteiger charge is -2.28. The topological polar surface area (TPSA) is 64.1 Å². The minimum atomic E-state index is -0.437. The number of carbonyl (C=O) groups excluding carboxylic acids is 1. The lowest BCUT2D eigenvalue weighted by atomic mass is 10.0. The van der Waals surface area contributed by atoms with Crippen molar-refractivity contribution in [3.8, 4) is 5.75 Å². The summed E-state index contributed by atoms with van der Waals surface area (Å²) in [7, 11) is 0. The highest BCUT2D eigenvalue weighted by Crippen LogP contribution is 2.37. The van der Waals surface area contributed by atoms with Gasteiger partial charge in [-0.15, -0.1) is 0 Å². The maximum Gasteiger partial charge on any atom is 0.170 e. The van der Waals surface area contributed by atoms with Gasteiger partial charge in [0.25, 0.3) is 0 Å². The van der Waals surface area contributed by atoms with Gasteiger partial charge in [-0.3, -0.25) is 4.79 Å². The molecule has 2 aliphatic rings. The molecule has 0 amide bonds. The Balaban J connectivity index is 1.41. The number of aromatic nitrogens is 2. The number of hydrogen-bond acceptors (Lipinski definition) is 5. The van der Waals surface area contributed by atoms with Crippen molar-refractivity contribution in [1.82, 2.24) is 15.3 Å². The average Bonchev–Trinajstić information content (AvgIpc) is 3.37. The van der Waals surface area contributed by atoms with Crippen LogP contribution in [0.3, 0.4) is 0 Å². The van der Waals surface area contributed by atoms with Gasteiger partial charge < -0.3 is 10.1 Å². The van der Waals surface area contributed by atoms with E-state index in [2.05, 4.69) is 15.3 Å². The SMILES string of the molecule is O=C(Cc1ccc(OC2CNC2)c(F)c1)c1cnc(C2CC2)nc1. The molecule has 2 fully saturated rings.